The van der Waals surface area contributed by atoms with Crippen molar-refractivity contribution >= 4 is 23.3 Å². The lowest BCUT2D eigenvalue weighted by molar-refractivity contribution is 0.0689. The van der Waals surface area contributed by atoms with Gasteiger partial charge in [-0.3, -0.25) is 4.79 Å². The Kier molecular flexibility index (Phi) is 3.03. The lowest BCUT2D eigenvalue weighted by Gasteiger charge is -2.06. The molecule has 0 fully saturated rings. The van der Waals surface area contributed by atoms with Gasteiger partial charge in [-0.05, 0) is 24.3 Å². The summed E-state index contributed by atoms with van der Waals surface area (Å²) in [5, 5.41) is 13.1. The molecule has 3 N–H and O–H groups in total. The molecule has 0 aliphatic rings. The van der Waals surface area contributed by atoms with E-state index >= 15 is 0 Å². The topological polar surface area (TPSA) is 98.2 Å². The second kappa shape index (κ2) is 4.50. The standard InChI is InChI=1S/C11H8ClN3O3/c12-6-1-3-7(4-2-6)15-9(16)5-8(13)10(14-15)11(17)18/h1-5H,13H2,(H,17,18). The molecular weight excluding hydrogens is 258 g/mol. The first-order chi connectivity index (χ1) is 8.49. The minimum Gasteiger partial charge on any atom is -0.476 e. The Balaban J connectivity index is 2.64. The molecule has 7 heteroatoms. The first kappa shape index (κ1) is 12.1. The smallest absolute Gasteiger partial charge is 0.358 e. The average molecular weight is 266 g/mol. The Morgan fingerprint density at radius 1 is 1.33 bits per heavy atom. The van der Waals surface area contributed by atoms with Gasteiger partial charge in [-0.1, -0.05) is 11.6 Å². The molecule has 2 rings (SSSR count). The molecule has 2 aromatic rings. The third-order valence-corrected chi connectivity index (χ3v) is 2.49. The zero-order valence-electron chi connectivity index (χ0n) is 9.00. The van der Waals surface area contributed by atoms with Gasteiger partial charge in [0.05, 0.1) is 11.4 Å². The maximum Gasteiger partial charge on any atom is 0.358 e. The van der Waals surface area contributed by atoms with Crippen LogP contribution in [-0.2, 0) is 0 Å². The van der Waals surface area contributed by atoms with Crippen molar-refractivity contribution in [1.29, 1.82) is 0 Å². The lowest BCUT2D eigenvalue weighted by atomic mass is 10.3. The molecule has 0 radical (unpaired) electrons. The summed E-state index contributed by atoms with van der Waals surface area (Å²) < 4.78 is 0.955. The molecule has 0 aliphatic heterocycles. The van der Waals surface area contributed by atoms with Gasteiger partial charge >= 0.3 is 5.97 Å². The highest BCUT2D eigenvalue weighted by Crippen LogP contribution is 2.12. The number of carboxylic acid groups (broad SMARTS) is 1. The number of hydrogen-bond acceptors (Lipinski definition) is 4. The van der Waals surface area contributed by atoms with Crippen LogP contribution < -0.4 is 11.3 Å². The molecule has 0 atom stereocenters. The van der Waals surface area contributed by atoms with Gasteiger partial charge in [0.25, 0.3) is 5.56 Å². The molecule has 0 bridgehead atoms. The summed E-state index contributed by atoms with van der Waals surface area (Å²) in [6.45, 7) is 0. The van der Waals surface area contributed by atoms with E-state index in [0.717, 1.165) is 10.7 Å². The average Bonchev–Trinajstić information content (AvgIpc) is 2.30. The van der Waals surface area contributed by atoms with E-state index in [1.807, 2.05) is 0 Å². The number of benzene rings is 1. The second-order valence-corrected chi connectivity index (χ2v) is 3.92. The Bertz CT molecular complexity index is 664. The van der Waals surface area contributed by atoms with Crippen LogP contribution >= 0.6 is 11.6 Å². The van der Waals surface area contributed by atoms with Crippen molar-refractivity contribution in [1.82, 2.24) is 9.78 Å². The third kappa shape index (κ3) is 2.18. The number of hydrogen-bond donors (Lipinski definition) is 2. The molecule has 92 valence electrons. The van der Waals surface area contributed by atoms with Gasteiger partial charge in [0.15, 0.2) is 5.69 Å². The van der Waals surface area contributed by atoms with E-state index in [0.29, 0.717) is 10.7 Å². The van der Waals surface area contributed by atoms with E-state index in [4.69, 9.17) is 22.4 Å². The largest absolute Gasteiger partial charge is 0.476 e. The molecule has 6 nitrogen and oxygen atoms in total. The number of nitrogens with zero attached hydrogens (tertiary/aromatic N) is 2. The SMILES string of the molecule is Nc1cc(=O)n(-c2ccc(Cl)cc2)nc1C(=O)O. The van der Waals surface area contributed by atoms with Crippen LogP contribution in [0, 0.1) is 0 Å². The van der Waals surface area contributed by atoms with Crippen molar-refractivity contribution in [2.45, 2.75) is 0 Å². The summed E-state index contributed by atoms with van der Waals surface area (Å²) in [6.07, 6.45) is 0. The van der Waals surface area contributed by atoms with E-state index in [2.05, 4.69) is 5.10 Å². The Hall–Kier alpha value is -2.34. The number of halogens is 1. The first-order valence-electron chi connectivity index (χ1n) is 4.88. The fraction of sp³-hybridized carbons (Fsp3) is 0. The minimum absolute atomic E-state index is 0.169. The maximum atomic E-state index is 11.7. The first-order valence-corrected chi connectivity index (χ1v) is 5.26. The molecule has 18 heavy (non-hydrogen) atoms. The highest BCUT2D eigenvalue weighted by Gasteiger charge is 2.13. The molecule has 0 saturated carbocycles. The van der Waals surface area contributed by atoms with Crippen molar-refractivity contribution in [3.05, 3.63) is 51.4 Å². The molecule has 0 aliphatic carbocycles. The number of aromatic carboxylic acids is 1. The number of nitrogen functional groups attached to an aromatic ring is 1. The molecule has 1 aromatic heterocycles. The van der Waals surface area contributed by atoms with Crippen LogP contribution in [0.3, 0.4) is 0 Å². The molecule has 0 unspecified atom stereocenters. The van der Waals surface area contributed by atoms with Crippen LogP contribution in [0.25, 0.3) is 5.69 Å². The van der Waals surface area contributed by atoms with Crippen LogP contribution in [0.2, 0.25) is 5.02 Å². The summed E-state index contributed by atoms with van der Waals surface area (Å²) in [4.78, 5) is 22.6. The lowest BCUT2D eigenvalue weighted by Crippen LogP contribution is -2.24. The van der Waals surface area contributed by atoms with Crippen molar-refractivity contribution in [2.75, 3.05) is 5.73 Å². The van der Waals surface area contributed by atoms with Gasteiger partial charge in [-0.15, -0.1) is 0 Å². The van der Waals surface area contributed by atoms with Gasteiger partial charge in [0.2, 0.25) is 0 Å². The molecule has 0 amide bonds. The summed E-state index contributed by atoms with van der Waals surface area (Å²) in [5.41, 5.74) is 4.77. The normalized spacial score (nSPS) is 10.3. The number of anilines is 1. The number of nitrogens with two attached hydrogens (primary N) is 1. The summed E-state index contributed by atoms with van der Waals surface area (Å²) in [6, 6.07) is 7.27. The second-order valence-electron chi connectivity index (χ2n) is 3.48. The van der Waals surface area contributed by atoms with Crippen LogP contribution in [0.1, 0.15) is 10.5 Å². The van der Waals surface area contributed by atoms with E-state index < -0.39 is 11.5 Å². The van der Waals surface area contributed by atoms with Crippen LogP contribution in [-0.4, -0.2) is 20.9 Å². The molecule has 1 aromatic carbocycles. The molecule has 0 spiro atoms. The summed E-state index contributed by atoms with van der Waals surface area (Å²) in [7, 11) is 0. The van der Waals surface area contributed by atoms with Gasteiger partial charge < -0.3 is 10.8 Å². The van der Waals surface area contributed by atoms with E-state index in [-0.39, 0.29) is 11.4 Å². The zero-order valence-corrected chi connectivity index (χ0v) is 9.76. The van der Waals surface area contributed by atoms with Crippen molar-refractivity contribution in [2.24, 2.45) is 0 Å². The molecule has 1 heterocycles. The Morgan fingerprint density at radius 2 is 1.94 bits per heavy atom. The highest BCUT2D eigenvalue weighted by atomic mass is 35.5. The monoisotopic (exact) mass is 265 g/mol. The van der Waals surface area contributed by atoms with Crippen LogP contribution in [0.15, 0.2) is 35.1 Å². The number of rotatable bonds is 2. The van der Waals surface area contributed by atoms with Crippen molar-refractivity contribution in [3.63, 3.8) is 0 Å². The Morgan fingerprint density at radius 3 is 2.50 bits per heavy atom. The number of aromatic nitrogens is 2. The van der Waals surface area contributed by atoms with Gasteiger partial charge in [0, 0.05) is 11.1 Å². The fourth-order valence-electron chi connectivity index (χ4n) is 1.40. The highest BCUT2D eigenvalue weighted by molar-refractivity contribution is 6.30. The minimum atomic E-state index is -1.30. The summed E-state index contributed by atoms with van der Waals surface area (Å²) >= 11 is 5.72. The van der Waals surface area contributed by atoms with Gasteiger partial charge in [-0.25, -0.2) is 4.79 Å². The van der Waals surface area contributed by atoms with E-state index in [1.165, 1.54) is 0 Å². The predicted molar refractivity (Wildman–Crippen MR) is 66.2 cm³/mol. The van der Waals surface area contributed by atoms with Crippen LogP contribution in [0.4, 0.5) is 5.69 Å². The Labute approximate surface area is 106 Å². The van der Waals surface area contributed by atoms with Crippen LogP contribution in [0.5, 0.6) is 0 Å². The van der Waals surface area contributed by atoms with Gasteiger partial charge in [-0.2, -0.15) is 9.78 Å². The zero-order chi connectivity index (χ0) is 13.3. The number of carbonyl (C=O) groups is 1. The molecule has 0 saturated heterocycles. The van der Waals surface area contributed by atoms with Crippen molar-refractivity contribution in [3.8, 4) is 5.69 Å². The maximum absolute atomic E-state index is 11.7. The summed E-state index contributed by atoms with van der Waals surface area (Å²) in [5.74, 6) is -1.30. The van der Waals surface area contributed by atoms with Crippen molar-refractivity contribution < 1.29 is 9.90 Å². The predicted octanol–water partition coefficient (Wildman–Crippen LogP) is 1.17. The quantitative estimate of drug-likeness (QED) is 0.849. The van der Waals surface area contributed by atoms with E-state index in [9.17, 15) is 9.59 Å². The van der Waals surface area contributed by atoms with E-state index in [1.54, 1.807) is 24.3 Å². The fourth-order valence-corrected chi connectivity index (χ4v) is 1.53. The number of carboxylic acids is 1. The van der Waals surface area contributed by atoms with Gasteiger partial charge in [0.1, 0.15) is 0 Å². The third-order valence-electron chi connectivity index (χ3n) is 2.23. The molecular formula is C11H8ClN3O3.